The van der Waals surface area contributed by atoms with E-state index in [0.717, 1.165) is 56.8 Å². The number of aryl methyl sites for hydroxylation is 1. The number of nitrogens with zero attached hydrogens (tertiary/aromatic N) is 7. The zero-order valence-electron chi connectivity index (χ0n) is 25.8. The molecule has 45 heavy (non-hydrogen) atoms. The standard InChI is InChI=1S/C31H41F3N8O3/c1-20-4-3-5-24-25(10-11-40(26(20)24)28(44)31(32,33)34)42-19-21-18-35-29(37-27(21)41(16-17-43)30(42)45)36-22-6-8-23(9-7-22)39-14-12-38(2)13-15-39/h3-5,18,22-23,25,43H,6-17,19H2,1-2H3,(H,35,36,37)/t22?,23?,25-/m0/s1. The number of hydrogen-bond acceptors (Lipinski definition) is 8. The van der Waals surface area contributed by atoms with Crippen LogP contribution in [0, 0.1) is 6.92 Å². The lowest BCUT2D eigenvalue weighted by atomic mass is 9.90. The van der Waals surface area contributed by atoms with Gasteiger partial charge < -0.3 is 25.1 Å². The lowest BCUT2D eigenvalue weighted by molar-refractivity contribution is -0.170. The summed E-state index contributed by atoms with van der Waals surface area (Å²) in [6.07, 6.45) is 0.998. The van der Waals surface area contributed by atoms with Crippen LogP contribution in [0.15, 0.2) is 24.4 Å². The number of urea groups is 1. The van der Waals surface area contributed by atoms with E-state index in [1.807, 2.05) is 0 Å². The van der Waals surface area contributed by atoms with Crippen LogP contribution in [0.25, 0.3) is 0 Å². The second-order valence-corrected chi connectivity index (χ2v) is 12.6. The van der Waals surface area contributed by atoms with Crippen molar-refractivity contribution in [2.45, 2.75) is 69.9 Å². The molecule has 0 unspecified atom stereocenters. The number of nitrogens with one attached hydrogen (secondary N) is 1. The van der Waals surface area contributed by atoms with Crippen LogP contribution < -0.4 is 15.1 Å². The van der Waals surface area contributed by atoms with Crippen molar-refractivity contribution in [2.24, 2.45) is 0 Å². The van der Waals surface area contributed by atoms with Gasteiger partial charge >= 0.3 is 18.1 Å². The third kappa shape index (κ3) is 6.32. The molecular weight excluding hydrogens is 589 g/mol. The third-order valence-corrected chi connectivity index (χ3v) is 9.71. The Morgan fingerprint density at radius 2 is 1.80 bits per heavy atom. The van der Waals surface area contributed by atoms with E-state index in [4.69, 9.17) is 4.98 Å². The van der Waals surface area contributed by atoms with Gasteiger partial charge in [-0.3, -0.25) is 14.6 Å². The molecule has 3 amide bonds. The van der Waals surface area contributed by atoms with Crippen molar-refractivity contribution in [3.63, 3.8) is 0 Å². The fourth-order valence-corrected chi connectivity index (χ4v) is 7.33. The Bertz CT molecular complexity index is 1410. The van der Waals surface area contributed by atoms with Gasteiger partial charge in [-0.25, -0.2) is 9.78 Å². The topological polar surface area (TPSA) is 108 Å². The summed E-state index contributed by atoms with van der Waals surface area (Å²) in [5.74, 6) is -1.07. The van der Waals surface area contributed by atoms with Crippen LogP contribution in [-0.2, 0) is 11.3 Å². The largest absolute Gasteiger partial charge is 0.471 e. The van der Waals surface area contributed by atoms with Crippen LogP contribution in [-0.4, -0.2) is 113 Å². The van der Waals surface area contributed by atoms with Crippen LogP contribution in [0.5, 0.6) is 0 Å². The molecule has 11 nitrogen and oxygen atoms in total. The normalized spacial score (nSPS) is 24.8. The number of carbonyl (C=O) groups excluding carboxylic acids is 2. The number of aliphatic hydroxyl groups is 1. The molecule has 1 saturated carbocycles. The fourth-order valence-electron chi connectivity index (χ4n) is 7.33. The zero-order valence-corrected chi connectivity index (χ0v) is 25.8. The molecule has 0 radical (unpaired) electrons. The molecule has 4 heterocycles. The summed E-state index contributed by atoms with van der Waals surface area (Å²) < 4.78 is 40.4. The van der Waals surface area contributed by atoms with E-state index >= 15 is 0 Å². The highest BCUT2D eigenvalue weighted by Gasteiger charge is 2.47. The highest BCUT2D eigenvalue weighted by Crippen LogP contribution is 2.43. The number of amides is 3. The highest BCUT2D eigenvalue weighted by atomic mass is 19.4. The van der Waals surface area contributed by atoms with Gasteiger partial charge in [-0.1, -0.05) is 18.2 Å². The molecule has 244 valence electrons. The van der Waals surface area contributed by atoms with Crippen LogP contribution in [0.2, 0.25) is 0 Å². The molecule has 0 bridgehead atoms. The highest BCUT2D eigenvalue weighted by molar-refractivity contribution is 6.00. The second-order valence-electron chi connectivity index (χ2n) is 12.6. The monoisotopic (exact) mass is 630 g/mol. The molecule has 1 aliphatic carbocycles. The predicted octanol–water partition coefficient (Wildman–Crippen LogP) is 3.53. The summed E-state index contributed by atoms with van der Waals surface area (Å²) in [5.41, 5.74) is 1.85. The molecule has 14 heteroatoms. The van der Waals surface area contributed by atoms with Gasteiger partial charge in [-0.05, 0) is 57.2 Å². The minimum atomic E-state index is -5.02. The number of benzene rings is 1. The van der Waals surface area contributed by atoms with Crippen molar-refractivity contribution in [1.29, 1.82) is 0 Å². The van der Waals surface area contributed by atoms with E-state index in [-0.39, 0.29) is 44.4 Å². The fraction of sp³-hybridized carbons (Fsp3) is 0.613. The van der Waals surface area contributed by atoms with Gasteiger partial charge in [0.25, 0.3) is 0 Å². The molecule has 1 atom stereocenters. The Balaban J connectivity index is 1.19. The van der Waals surface area contributed by atoms with Gasteiger partial charge in [0, 0.05) is 56.6 Å². The van der Waals surface area contributed by atoms with E-state index in [0.29, 0.717) is 34.5 Å². The summed E-state index contributed by atoms with van der Waals surface area (Å²) in [6.45, 7) is 5.74. The van der Waals surface area contributed by atoms with Gasteiger partial charge in [0.05, 0.1) is 31.4 Å². The molecule has 1 saturated heterocycles. The first-order valence-corrected chi connectivity index (χ1v) is 15.8. The summed E-state index contributed by atoms with van der Waals surface area (Å²) >= 11 is 0. The number of rotatable bonds is 6. The number of anilines is 3. The first-order valence-electron chi connectivity index (χ1n) is 15.8. The molecule has 2 fully saturated rings. The minimum absolute atomic E-state index is 0.000990. The summed E-state index contributed by atoms with van der Waals surface area (Å²) in [4.78, 5) is 44.3. The van der Waals surface area contributed by atoms with E-state index in [1.165, 1.54) is 4.90 Å². The Morgan fingerprint density at radius 1 is 1.07 bits per heavy atom. The van der Waals surface area contributed by atoms with Crippen molar-refractivity contribution in [3.8, 4) is 0 Å². The number of para-hydroxylation sites is 1. The maximum absolute atomic E-state index is 13.9. The van der Waals surface area contributed by atoms with Crippen molar-refractivity contribution < 1.29 is 27.9 Å². The molecule has 3 aliphatic heterocycles. The first-order chi connectivity index (χ1) is 21.5. The zero-order chi connectivity index (χ0) is 31.9. The molecule has 2 aromatic rings. The number of halogens is 3. The lowest BCUT2D eigenvalue weighted by Gasteiger charge is -2.44. The Hall–Kier alpha value is -3.49. The lowest BCUT2D eigenvalue weighted by Crippen LogP contribution is -2.52. The Labute approximate surface area is 261 Å². The quantitative estimate of drug-likeness (QED) is 0.500. The molecule has 2 N–H and O–H groups in total. The smallest absolute Gasteiger partial charge is 0.395 e. The Morgan fingerprint density at radius 3 is 2.49 bits per heavy atom. The van der Waals surface area contributed by atoms with Gasteiger partial charge in [0.2, 0.25) is 5.95 Å². The number of alkyl halides is 3. The van der Waals surface area contributed by atoms with Gasteiger partial charge in [-0.2, -0.15) is 18.2 Å². The molecular formula is C31H41F3N8O3. The summed E-state index contributed by atoms with van der Waals surface area (Å²) in [7, 11) is 2.16. The second kappa shape index (κ2) is 12.7. The molecule has 1 aromatic carbocycles. The van der Waals surface area contributed by atoms with Crippen LogP contribution in [0.4, 0.5) is 35.4 Å². The van der Waals surface area contributed by atoms with E-state index in [9.17, 15) is 27.9 Å². The number of aliphatic hydroxyl groups excluding tert-OH is 1. The third-order valence-electron chi connectivity index (χ3n) is 9.71. The number of aromatic nitrogens is 2. The number of carbonyl (C=O) groups is 2. The average molecular weight is 631 g/mol. The SMILES string of the molecule is Cc1cccc2c1N(C(=O)C(F)(F)F)CC[C@@H]2N1Cc2cnc(NC3CCC(N4CCN(C)CC4)CC3)nc2N(CCO)C1=O. The van der Waals surface area contributed by atoms with Crippen molar-refractivity contribution in [1.82, 2.24) is 24.7 Å². The number of likely N-dealkylation sites (N-methyl/N-ethyl adjacent to an activating group) is 1. The summed E-state index contributed by atoms with van der Waals surface area (Å²) in [5, 5.41) is 13.3. The number of β-amino-alcohol motifs (C(OH)–C–C–N with tert-alkyl or cyclic N) is 1. The van der Waals surface area contributed by atoms with E-state index in [1.54, 1.807) is 36.2 Å². The number of hydrogen-bond donors (Lipinski definition) is 2. The molecule has 4 aliphatic rings. The first kappa shape index (κ1) is 31.5. The van der Waals surface area contributed by atoms with Crippen LogP contribution in [0.1, 0.15) is 54.8 Å². The maximum atomic E-state index is 13.9. The average Bonchev–Trinajstić information content (AvgIpc) is 3.02. The van der Waals surface area contributed by atoms with E-state index < -0.39 is 24.2 Å². The Kier molecular flexibility index (Phi) is 8.90. The molecule has 1 aromatic heterocycles. The van der Waals surface area contributed by atoms with Crippen LogP contribution in [0.3, 0.4) is 0 Å². The van der Waals surface area contributed by atoms with Gasteiger partial charge in [0.1, 0.15) is 5.82 Å². The summed E-state index contributed by atoms with van der Waals surface area (Å²) in [6, 6.07) is 4.88. The minimum Gasteiger partial charge on any atom is -0.395 e. The van der Waals surface area contributed by atoms with Crippen molar-refractivity contribution >= 4 is 29.4 Å². The van der Waals surface area contributed by atoms with Gasteiger partial charge in [-0.15, -0.1) is 0 Å². The molecule has 0 spiro atoms. The molecule has 6 rings (SSSR count). The van der Waals surface area contributed by atoms with Crippen molar-refractivity contribution in [3.05, 3.63) is 41.1 Å². The van der Waals surface area contributed by atoms with Gasteiger partial charge in [0.15, 0.2) is 0 Å². The van der Waals surface area contributed by atoms with E-state index in [2.05, 4.69) is 27.1 Å². The number of fused-ring (bicyclic) bond motifs is 2. The van der Waals surface area contributed by atoms with Crippen LogP contribution >= 0.6 is 0 Å². The van der Waals surface area contributed by atoms with Crippen molar-refractivity contribution in [2.75, 3.05) is 68.0 Å². The predicted molar refractivity (Wildman–Crippen MR) is 163 cm³/mol. The number of piperazine rings is 1. The maximum Gasteiger partial charge on any atom is 0.471 e.